The van der Waals surface area contributed by atoms with Crippen molar-refractivity contribution in [3.05, 3.63) is 24.3 Å². The van der Waals surface area contributed by atoms with Crippen molar-refractivity contribution >= 4 is 11.7 Å². The first-order valence-corrected chi connectivity index (χ1v) is 4.79. The molecule has 0 aliphatic heterocycles. The summed E-state index contributed by atoms with van der Waals surface area (Å²) >= 11 is 0. The van der Waals surface area contributed by atoms with Crippen LogP contribution in [0.15, 0.2) is 24.3 Å². The Kier molecular flexibility index (Phi) is 3.97. The van der Waals surface area contributed by atoms with Crippen LogP contribution in [0.3, 0.4) is 0 Å². The van der Waals surface area contributed by atoms with Crippen molar-refractivity contribution in [1.29, 1.82) is 0 Å². The molecule has 1 aromatic rings. The van der Waals surface area contributed by atoms with Gasteiger partial charge in [0.1, 0.15) is 5.75 Å². The van der Waals surface area contributed by atoms with Crippen molar-refractivity contribution in [3.8, 4) is 5.75 Å². The molecule has 4 heteroatoms. The van der Waals surface area contributed by atoms with Crippen molar-refractivity contribution in [2.75, 3.05) is 11.9 Å². The van der Waals surface area contributed by atoms with Gasteiger partial charge in [-0.3, -0.25) is 0 Å². The molecular formula is C11H15NO3. The number of aliphatic carboxylic acids is 1. The summed E-state index contributed by atoms with van der Waals surface area (Å²) in [7, 11) is 0. The first-order chi connectivity index (χ1) is 7.08. The summed E-state index contributed by atoms with van der Waals surface area (Å²) in [5.74, 6) is -0.416. The minimum absolute atomic E-state index is 0.314. The van der Waals surface area contributed by atoms with E-state index >= 15 is 0 Å². The quantitative estimate of drug-likeness (QED) is 0.778. The van der Waals surface area contributed by atoms with E-state index in [9.17, 15) is 4.79 Å². The largest absolute Gasteiger partial charge is 0.482 e. The average Bonchev–Trinajstić information content (AvgIpc) is 2.14. The molecule has 2 N–H and O–H groups in total. The molecule has 0 atom stereocenters. The Bertz CT molecular complexity index is 336. The standard InChI is InChI=1S/C11H15NO3/c1-8(2)12-9-4-3-5-10(6-9)15-7-11(13)14/h3-6,8,12H,7H2,1-2H3,(H,13,14). The molecule has 0 heterocycles. The maximum Gasteiger partial charge on any atom is 0.341 e. The van der Waals surface area contributed by atoms with Crippen LogP contribution in [0.2, 0.25) is 0 Å². The fourth-order valence-corrected chi connectivity index (χ4v) is 1.15. The lowest BCUT2D eigenvalue weighted by Gasteiger charge is -2.11. The third-order valence-corrected chi connectivity index (χ3v) is 1.65. The number of carboxylic acids is 1. The highest BCUT2D eigenvalue weighted by molar-refractivity contribution is 5.68. The number of carboxylic acid groups (broad SMARTS) is 1. The van der Waals surface area contributed by atoms with Crippen molar-refractivity contribution in [3.63, 3.8) is 0 Å². The molecule has 1 aromatic carbocycles. The highest BCUT2D eigenvalue weighted by atomic mass is 16.5. The predicted octanol–water partition coefficient (Wildman–Crippen LogP) is 1.97. The third kappa shape index (κ3) is 4.35. The number of hydrogen-bond donors (Lipinski definition) is 2. The van der Waals surface area contributed by atoms with Gasteiger partial charge in [-0.25, -0.2) is 4.79 Å². The second-order valence-corrected chi connectivity index (χ2v) is 3.51. The molecule has 0 amide bonds. The van der Waals surface area contributed by atoms with Gasteiger partial charge in [-0.1, -0.05) is 6.07 Å². The summed E-state index contributed by atoms with van der Waals surface area (Å²) in [6, 6.07) is 7.58. The lowest BCUT2D eigenvalue weighted by molar-refractivity contribution is -0.139. The first-order valence-electron chi connectivity index (χ1n) is 4.79. The second kappa shape index (κ2) is 5.24. The topological polar surface area (TPSA) is 58.6 Å². The Balaban J connectivity index is 2.61. The highest BCUT2D eigenvalue weighted by Crippen LogP contribution is 2.17. The van der Waals surface area contributed by atoms with Crippen LogP contribution in [0.25, 0.3) is 0 Å². The third-order valence-electron chi connectivity index (χ3n) is 1.65. The maximum absolute atomic E-state index is 10.3. The second-order valence-electron chi connectivity index (χ2n) is 3.51. The molecular weight excluding hydrogens is 194 g/mol. The Morgan fingerprint density at radius 1 is 1.53 bits per heavy atom. The summed E-state index contributed by atoms with van der Waals surface area (Å²) in [6.07, 6.45) is 0. The van der Waals surface area contributed by atoms with E-state index in [1.807, 2.05) is 26.0 Å². The normalized spacial score (nSPS) is 10.1. The molecule has 0 radical (unpaired) electrons. The molecule has 0 saturated carbocycles. The molecule has 0 bridgehead atoms. The summed E-state index contributed by atoms with van der Waals surface area (Å²) in [5, 5.41) is 11.7. The Hall–Kier alpha value is -1.71. The van der Waals surface area contributed by atoms with Crippen LogP contribution in [0.4, 0.5) is 5.69 Å². The first kappa shape index (κ1) is 11.4. The summed E-state index contributed by atoms with van der Waals surface area (Å²) < 4.78 is 5.05. The van der Waals surface area contributed by atoms with Crippen molar-refractivity contribution in [1.82, 2.24) is 0 Å². The van der Waals surface area contributed by atoms with Crippen LogP contribution >= 0.6 is 0 Å². The minimum atomic E-state index is -0.975. The smallest absolute Gasteiger partial charge is 0.341 e. The number of nitrogens with one attached hydrogen (secondary N) is 1. The van der Waals surface area contributed by atoms with Crippen LogP contribution in [-0.2, 0) is 4.79 Å². The van der Waals surface area contributed by atoms with E-state index in [-0.39, 0.29) is 6.61 Å². The molecule has 82 valence electrons. The molecule has 0 aromatic heterocycles. The molecule has 15 heavy (non-hydrogen) atoms. The van der Waals surface area contributed by atoms with Gasteiger partial charge in [-0.2, -0.15) is 0 Å². The Labute approximate surface area is 88.9 Å². The lowest BCUT2D eigenvalue weighted by Crippen LogP contribution is -2.11. The van der Waals surface area contributed by atoms with Gasteiger partial charge in [-0.15, -0.1) is 0 Å². The molecule has 1 rings (SSSR count). The molecule has 0 saturated heterocycles. The Morgan fingerprint density at radius 2 is 2.27 bits per heavy atom. The highest BCUT2D eigenvalue weighted by Gasteiger charge is 2.00. The van der Waals surface area contributed by atoms with Gasteiger partial charge in [0.25, 0.3) is 0 Å². The molecule has 0 aliphatic carbocycles. The van der Waals surface area contributed by atoms with Crippen LogP contribution in [0.1, 0.15) is 13.8 Å². The van der Waals surface area contributed by atoms with E-state index in [2.05, 4.69) is 5.32 Å². The fraction of sp³-hybridized carbons (Fsp3) is 0.364. The fourth-order valence-electron chi connectivity index (χ4n) is 1.15. The Morgan fingerprint density at radius 3 is 2.87 bits per heavy atom. The van der Waals surface area contributed by atoms with Crippen molar-refractivity contribution in [2.45, 2.75) is 19.9 Å². The van der Waals surface area contributed by atoms with E-state index < -0.39 is 5.97 Å². The number of ether oxygens (including phenoxy) is 1. The number of rotatable bonds is 5. The van der Waals surface area contributed by atoms with Crippen LogP contribution in [-0.4, -0.2) is 23.7 Å². The average molecular weight is 209 g/mol. The number of carbonyl (C=O) groups is 1. The van der Waals surface area contributed by atoms with Crippen LogP contribution < -0.4 is 10.1 Å². The lowest BCUT2D eigenvalue weighted by atomic mass is 10.2. The van der Waals surface area contributed by atoms with Crippen molar-refractivity contribution in [2.24, 2.45) is 0 Å². The zero-order valence-electron chi connectivity index (χ0n) is 8.86. The van der Waals surface area contributed by atoms with Crippen molar-refractivity contribution < 1.29 is 14.6 Å². The summed E-state index contributed by atoms with van der Waals surface area (Å²) in [4.78, 5) is 10.3. The molecule has 0 fully saturated rings. The van der Waals surface area contributed by atoms with Crippen LogP contribution in [0.5, 0.6) is 5.75 Å². The van der Waals surface area contributed by atoms with E-state index in [4.69, 9.17) is 9.84 Å². The predicted molar refractivity (Wildman–Crippen MR) is 58.3 cm³/mol. The van der Waals surface area contributed by atoms with Gasteiger partial charge in [-0.05, 0) is 26.0 Å². The van der Waals surface area contributed by atoms with Gasteiger partial charge in [0, 0.05) is 17.8 Å². The number of anilines is 1. The molecule has 0 aliphatic rings. The SMILES string of the molecule is CC(C)Nc1cccc(OCC(=O)O)c1. The maximum atomic E-state index is 10.3. The van der Waals surface area contributed by atoms with E-state index in [1.54, 1.807) is 12.1 Å². The molecule has 0 spiro atoms. The van der Waals surface area contributed by atoms with Gasteiger partial charge < -0.3 is 15.2 Å². The minimum Gasteiger partial charge on any atom is -0.482 e. The summed E-state index contributed by atoms with van der Waals surface area (Å²) in [6.45, 7) is 3.75. The monoisotopic (exact) mass is 209 g/mol. The van der Waals surface area contributed by atoms with E-state index in [0.717, 1.165) is 5.69 Å². The zero-order valence-corrected chi connectivity index (χ0v) is 8.86. The van der Waals surface area contributed by atoms with Gasteiger partial charge >= 0.3 is 5.97 Å². The van der Waals surface area contributed by atoms with E-state index in [1.165, 1.54) is 0 Å². The molecule has 0 unspecified atom stereocenters. The van der Waals surface area contributed by atoms with Gasteiger partial charge in [0.15, 0.2) is 6.61 Å². The zero-order chi connectivity index (χ0) is 11.3. The van der Waals surface area contributed by atoms with Crippen LogP contribution in [0, 0.1) is 0 Å². The summed E-state index contributed by atoms with van der Waals surface area (Å²) in [5.41, 5.74) is 0.924. The van der Waals surface area contributed by atoms with Gasteiger partial charge in [0.2, 0.25) is 0 Å². The van der Waals surface area contributed by atoms with Gasteiger partial charge in [0.05, 0.1) is 0 Å². The number of hydrogen-bond acceptors (Lipinski definition) is 3. The van der Waals surface area contributed by atoms with E-state index in [0.29, 0.717) is 11.8 Å². The molecule has 4 nitrogen and oxygen atoms in total. The number of benzene rings is 1.